The molecule has 0 aromatic carbocycles. The Balaban J connectivity index is 1.95. The van der Waals surface area contributed by atoms with Crippen LogP contribution in [0.3, 0.4) is 0 Å². The zero-order valence-corrected chi connectivity index (χ0v) is 11.6. The van der Waals surface area contributed by atoms with Crippen LogP contribution in [-0.2, 0) is 4.74 Å². The largest absolute Gasteiger partial charge is 0.374 e. The van der Waals surface area contributed by atoms with E-state index < -0.39 is 0 Å². The summed E-state index contributed by atoms with van der Waals surface area (Å²) in [7, 11) is 0. The van der Waals surface area contributed by atoms with E-state index in [1.165, 1.54) is 19.3 Å². The van der Waals surface area contributed by atoms with Crippen molar-refractivity contribution in [1.29, 1.82) is 0 Å². The topological polar surface area (TPSA) is 38.5 Å². The number of hydrogen-bond donors (Lipinski definition) is 1. The molecule has 2 aliphatic rings. The van der Waals surface area contributed by atoms with Crippen molar-refractivity contribution < 1.29 is 4.74 Å². The smallest absolute Gasteiger partial charge is 0.0824 e. The third kappa shape index (κ3) is 3.01. The summed E-state index contributed by atoms with van der Waals surface area (Å²) in [5.41, 5.74) is 5.74. The Labute approximate surface area is 106 Å². The predicted octanol–water partition coefficient (Wildman–Crippen LogP) is 1.86. The van der Waals surface area contributed by atoms with Gasteiger partial charge in [0.25, 0.3) is 0 Å². The molecule has 5 unspecified atom stereocenters. The van der Waals surface area contributed by atoms with Crippen molar-refractivity contribution in [2.45, 2.75) is 58.2 Å². The third-order valence-electron chi connectivity index (χ3n) is 4.86. The SMILES string of the molecule is CC1CCC(N2CC(CN)OCC2C)CC1C. The van der Waals surface area contributed by atoms with Crippen LogP contribution in [0.15, 0.2) is 0 Å². The van der Waals surface area contributed by atoms with Crippen LogP contribution >= 0.6 is 0 Å². The van der Waals surface area contributed by atoms with Gasteiger partial charge in [0.2, 0.25) is 0 Å². The highest BCUT2D eigenvalue weighted by molar-refractivity contribution is 4.88. The van der Waals surface area contributed by atoms with Gasteiger partial charge in [-0.05, 0) is 38.0 Å². The van der Waals surface area contributed by atoms with E-state index in [0.29, 0.717) is 12.6 Å². The van der Waals surface area contributed by atoms with E-state index in [1.807, 2.05) is 0 Å². The molecule has 0 bridgehead atoms. The minimum absolute atomic E-state index is 0.251. The van der Waals surface area contributed by atoms with Crippen LogP contribution in [0.5, 0.6) is 0 Å². The third-order valence-corrected chi connectivity index (χ3v) is 4.86. The van der Waals surface area contributed by atoms with Gasteiger partial charge in [0.15, 0.2) is 0 Å². The number of ether oxygens (including phenoxy) is 1. The zero-order valence-electron chi connectivity index (χ0n) is 11.6. The number of nitrogens with two attached hydrogens (primary N) is 1. The van der Waals surface area contributed by atoms with Crippen molar-refractivity contribution in [1.82, 2.24) is 4.90 Å². The van der Waals surface area contributed by atoms with Gasteiger partial charge in [0.1, 0.15) is 0 Å². The highest BCUT2D eigenvalue weighted by Gasteiger charge is 2.34. The summed E-state index contributed by atoms with van der Waals surface area (Å²) in [6, 6.07) is 1.32. The van der Waals surface area contributed by atoms with E-state index in [2.05, 4.69) is 25.7 Å². The second-order valence-corrected chi connectivity index (χ2v) is 6.16. The number of hydrogen-bond acceptors (Lipinski definition) is 3. The normalized spacial score (nSPS) is 44.8. The number of rotatable bonds is 2. The Morgan fingerprint density at radius 3 is 2.59 bits per heavy atom. The fourth-order valence-electron chi connectivity index (χ4n) is 3.31. The minimum Gasteiger partial charge on any atom is -0.374 e. The van der Waals surface area contributed by atoms with E-state index in [-0.39, 0.29) is 6.10 Å². The van der Waals surface area contributed by atoms with Gasteiger partial charge in [0.05, 0.1) is 12.7 Å². The number of morpholine rings is 1. The summed E-state index contributed by atoms with van der Waals surface area (Å²) < 4.78 is 5.74. The zero-order chi connectivity index (χ0) is 12.4. The second kappa shape index (κ2) is 5.68. The molecule has 0 amide bonds. The molecule has 3 heteroatoms. The molecule has 0 aromatic heterocycles. The van der Waals surface area contributed by atoms with Gasteiger partial charge in [-0.25, -0.2) is 0 Å². The number of nitrogens with zero attached hydrogens (tertiary/aromatic N) is 1. The molecular formula is C14H28N2O. The highest BCUT2D eigenvalue weighted by Crippen LogP contribution is 2.33. The van der Waals surface area contributed by atoms with E-state index in [4.69, 9.17) is 10.5 Å². The lowest BCUT2D eigenvalue weighted by Crippen LogP contribution is -2.55. The first-order chi connectivity index (χ1) is 8.11. The molecule has 3 nitrogen and oxygen atoms in total. The molecule has 0 aromatic rings. The molecule has 2 fully saturated rings. The van der Waals surface area contributed by atoms with Crippen molar-refractivity contribution in [2.24, 2.45) is 17.6 Å². The lowest BCUT2D eigenvalue weighted by Gasteiger charge is -2.46. The Morgan fingerprint density at radius 1 is 1.18 bits per heavy atom. The van der Waals surface area contributed by atoms with E-state index >= 15 is 0 Å². The van der Waals surface area contributed by atoms with Gasteiger partial charge in [0, 0.05) is 25.2 Å². The van der Waals surface area contributed by atoms with Gasteiger partial charge < -0.3 is 10.5 Å². The molecule has 1 saturated carbocycles. The van der Waals surface area contributed by atoms with Gasteiger partial charge in [-0.15, -0.1) is 0 Å². The van der Waals surface area contributed by atoms with Crippen molar-refractivity contribution in [3.8, 4) is 0 Å². The van der Waals surface area contributed by atoms with Crippen molar-refractivity contribution in [3.63, 3.8) is 0 Å². The van der Waals surface area contributed by atoms with Gasteiger partial charge in [-0.1, -0.05) is 13.8 Å². The van der Waals surface area contributed by atoms with Crippen LogP contribution in [0.4, 0.5) is 0 Å². The second-order valence-electron chi connectivity index (χ2n) is 6.16. The molecule has 0 spiro atoms. The summed E-state index contributed by atoms with van der Waals surface area (Å²) in [5.74, 6) is 1.76. The summed E-state index contributed by atoms with van der Waals surface area (Å²) in [4.78, 5) is 2.66. The molecule has 5 atom stereocenters. The lowest BCUT2D eigenvalue weighted by molar-refractivity contribution is -0.0794. The predicted molar refractivity (Wildman–Crippen MR) is 70.9 cm³/mol. The van der Waals surface area contributed by atoms with E-state index in [9.17, 15) is 0 Å². The van der Waals surface area contributed by atoms with Crippen molar-refractivity contribution in [3.05, 3.63) is 0 Å². The summed E-state index contributed by atoms with van der Waals surface area (Å²) in [5, 5.41) is 0. The van der Waals surface area contributed by atoms with Gasteiger partial charge in [-0.3, -0.25) is 4.90 Å². The van der Waals surface area contributed by atoms with Crippen LogP contribution in [0.1, 0.15) is 40.0 Å². The first kappa shape index (κ1) is 13.3. The van der Waals surface area contributed by atoms with Gasteiger partial charge >= 0.3 is 0 Å². The molecule has 0 radical (unpaired) electrons. The molecule has 1 aliphatic carbocycles. The minimum atomic E-state index is 0.251. The summed E-state index contributed by atoms with van der Waals surface area (Å²) in [6.45, 7) is 9.62. The Morgan fingerprint density at radius 2 is 1.94 bits per heavy atom. The molecule has 1 saturated heterocycles. The Hall–Kier alpha value is -0.120. The maximum atomic E-state index is 5.74. The van der Waals surface area contributed by atoms with E-state index in [0.717, 1.165) is 31.0 Å². The molecule has 2 N–H and O–H groups in total. The quantitative estimate of drug-likeness (QED) is 0.800. The first-order valence-corrected chi connectivity index (χ1v) is 7.19. The van der Waals surface area contributed by atoms with Crippen LogP contribution in [-0.4, -0.2) is 42.8 Å². The standard InChI is InChI=1S/C14H28N2O/c1-10-4-5-13(6-11(10)2)16-8-14(7-15)17-9-12(16)3/h10-14H,4-9,15H2,1-3H3. The summed E-state index contributed by atoms with van der Waals surface area (Å²) in [6.07, 6.45) is 4.33. The molecule has 100 valence electrons. The lowest BCUT2D eigenvalue weighted by atomic mass is 9.78. The van der Waals surface area contributed by atoms with Crippen LogP contribution in [0, 0.1) is 11.8 Å². The van der Waals surface area contributed by atoms with Crippen LogP contribution in [0.25, 0.3) is 0 Å². The first-order valence-electron chi connectivity index (χ1n) is 7.19. The summed E-state index contributed by atoms with van der Waals surface area (Å²) >= 11 is 0. The average molecular weight is 240 g/mol. The Kier molecular flexibility index (Phi) is 4.45. The van der Waals surface area contributed by atoms with E-state index in [1.54, 1.807) is 0 Å². The molecule has 2 rings (SSSR count). The fourth-order valence-corrected chi connectivity index (χ4v) is 3.31. The molecule has 1 aliphatic heterocycles. The highest BCUT2D eigenvalue weighted by atomic mass is 16.5. The van der Waals surface area contributed by atoms with Gasteiger partial charge in [-0.2, -0.15) is 0 Å². The monoisotopic (exact) mass is 240 g/mol. The Bertz CT molecular complexity index is 246. The average Bonchev–Trinajstić information content (AvgIpc) is 2.33. The van der Waals surface area contributed by atoms with Crippen molar-refractivity contribution in [2.75, 3.05) is 19.7 Å². The molecular weight excluding hydrogens is 212 g/mol. The molecule has 17 heavy (non-hydrogen) atoms. The van der Waals surface area contributed by atoms with Crippen molar-refractivity contribution >= 4 is 0 Å². The van der Waals surface area contributed by atoms with Crippen LogP contribution < -0.4 is 5.73 Å². The fraction of sp³-hybridized carbons (Fsp3) is 1.00. The maximum absolute atomic E-state index is 5.74. The molecule has 1 heterocycles. The van der Waals surface area contributed by atoms with Crippen LogP contribution in [0.2, 0.25) is 0 Å². The maximum Gasteiger partial charge on any atom is 0.0824 e.